The third-order valence-electron chi connectivity index (χ3n) is 4.22. The molecule has 0 aliphatic heterocycles. The van der Waals surface area contributed by atoms with Crippen LogP contribution in [-0.4, -0.2) is 46.6 Å². The molecular weight excluding hydrogens is 385 g/mol. The minimum Gasteiger partial charge on any atom is -0.459 e. The molecular formula is C19H30NO7P. The van der Waals surface area contributed by atoms with E-state index in [0.717, 1.165) is 0 Å². The van der Waals surface area contributed by atoms with Gasteiger partial charge in [-0.2, -0.15) is 5.09 Å². The molecule has 5 atom stereocenters. The maximum atomic E-state index is 13.4. The van der Waals surface area contributed by atoms with E-state index in [-0.39, 0.29) is 18.9 Å². The van der Waals surface area contributed by atoms with Crippen LogP contribution in [0.4, 0.5) is 0 Å². The monoisotopic (exact) mass is 415 g/mol. The Labute approximate surface area is 165 Å². The van der Waals surface area contributed by atoms with Crippen LogP contribution in [0.25, 0.3) is 0 Å². The number of rotatable bonds is 8. The lowest BCUT2D eigenvalue weighted by atomic mass is 10.1. The van der Waals surface area contributed by atoms with Crippen molar-refractivity contribution in [2.75, 3.05) is 6.61 Å². The third-order valence-corrected chi connectivity index (χ3v) is 5.95. The second-order valence-corrected chi connectivity index (χ2v) is 9.64. The Bertz CT molecular complexity index is 691. The molecule has 0 heterocycles. The maximum Gasteiger partial charge on any atom is 0.459 e. The van der Waals surface area contributed by atoms with Crippen molar-refractivity contribution in [1.29, 1.82) is 0 Å². The van der Waals surface area contributed by atoms with Gasteiger partial charge in [0.15, 0.2) is 0 Å². The predicted molar refractivity (Wildman–Crippen MR) is 104 cm³/mol. The van der Waals surface area contributed by atoms with E-state index in [1.165, 1.54) is 6.92 Å². The van der Waals surface area contributed by atoms with Gasteiger partial charge in [-0.1, -0.05) is 18.2 Å². The Kier molecular flexibility index (Phi) is 7.65. The van der Waals surface area contributed by atoms with Crippen molar-refractivity contribution in [3.63, 3.8) is 0 Å². The van der Waals surface area contributed by atoms with Gasteiger partial charge in [-0.25, -0.2) is 4.57 Å². The van der Waals surface area contributed by atoms with E-state index in [9.17, 15) is 19.6 Å². The van der Waals surface area contributed by atoms with Gasteiger partial charge in [-0.3, -0.25) is 9.32 Å². The molecule has 8 nitrogen and oxygen atoms in total. The highest BCUT2D eigenvalue weighted by Crippen LogP contribution is 2.49. The summed E-state index contributed by atoms with van der Waals surface area (Å²) < 4.78 is 30.0. The predicted octanol–water partition coefficient (Wildman–Crippen LogP) is 2.64. The molecule has 1 aromatic rings. The molecule has 0 amide bonds. The van der Waals surface area contributed by atoms with Gasteiger partial charge in [0.1, 0.15) is 17.4 Å². The van der Waals surface area contributed by atoms with Crippen LogP contribution in [0, 0.1) is 5.92 Å². The molecule has 1 aliphatic carbocycles. The molecule has 28 heavy (non-hydrogen) atoms. The van der Waals surface area contributed by atoms with Gasteiger partial charge in [-0.15, -0.1) is 0 Å². The van der Waals surface area contributed by atoms with Crippen molar-refractivity contribution in [3.8, 4) is 5.75 Å². The first kappa shape index (κ1) is 22.8. The lowest BCUT2D eigenvalue weighted by molar-refractivity contribution is -0.156. The number of esters is 1. The first-order valence-electron chi connectivity index (χ1n) is 9.34. The van der Waals surface area contributed by atoms with Crippen LogP contribution in [0.2, 0.25) is 0 Å². The lowest BCUT2D eigenvalue weighted by Gasteiger charge is -2.27. The first-order valence-corrected chi connectivity index (χ1v) is 10.9. The number of aliphatic hydroxyl groups excluding tert-OH is 2. The molecule has 0 radical (unpaired) electrons. The minimum atomic E-state index is -3.97. The first-order chi connectivity index (χ1) is 13.0. The van der Waals surface area contributed by atoms with Gasteiger partial charge in [0.05, 0.1) is 12.2 Å². The Morgan fingerprint density at radius 1 is 1.29 bits per heavy atom. The molecule has 9 heteroatoms. The van der Waals surface area contributed by atoms with Crippen molar-refractivity contribution < 1.29 is 33.4 Å². The molecule has 158 valence electrons. The van der Waals surface area contributed by atoms with E-state index in [0.29, 0.717) is 12.2 Å². The van der Waals surface area contributed by atoms with Crippen LogP contribution in [0.5, 0.6) is 5.75 Å². The molecule has 3 N–H and O–H groups in total. The summed E-state index contributed by atoms with van der Waals surface area (Å²) in [6.07, 6.45) is -0.776. The number of hydrogen-bond acceptors (Lipinski definition) is 7. The van der Waals surface area contributed by atoms with Crippen LogP contribution in [-0.2, 0) is 18.6 Å². The van der Waals surface area contributed by atoms with Gasteiger partial charge in [0.25, 0.3) is 0 Å². The summed E-state index contributed by atoms with van der Waals surface area (Å²) in [6, 6.07) is 7.52. The Hall–Kier alpha value is -1.44. The Morgan fingerprint density at radius 3 is 2.46 bits per heavy atom. The van der Waals surface area contributed by atoms with Crippen molar-refractivity contribution in [3.05, 3.63) is 30.3 Å². The van der Waals surface area contributed by atoms with Crippen molar-refractivity contribution in [2.24, 2.45) is 5.92 Å². The van der Waals surface area contributed by atoms with Gasteiger partial charge in [-0.05, 0) is 46.2 Å². The fraction of sp³-hybridized carbons (Fsp3) is 0.632. The summed E-state index contributed by atoms with van der Waals surface area (Å²) in [5, 5.41) is 21.9. The van der Waals surface area contributed by atoms with Gasteiger partial charge in [0, 0.05) is 18.9 Å². The Balaban J connectivity index is 2.14. The zero-order valence-corrected chi connectivity index (χ0v) is 17.6. The minimum absolute atomic E-state index is 0.188. The second-order valence-electron chi connectivity index (χ2n) is 7.99. The molecule has 0 aromatic heterocycles. The van der Waals surface area contributed by atoms with Crippen molar-refractivity contribution in [1.82, 2.24) is 5.09 Å². The molecule has 1 fully saturated rings. The summed E-state index contributed by atoms with van der Waals surface area (Å²) in [4.78, 5) is 12.3. The number of nitrogens with one attached hydrogen (secondary N) is 1. The van der Waals surface area contributed by atoms with Crippen LogP contribution < -0.4 is 9.61 Å². The highest BCUT2D eigenvalue weighted by atomic mass is 31.2. The van der Waals surface area contributed by atoms with E-state index < -0.39 is 37.6 Å². The van der Waals surface area contributed by atoms with Gasteiger partial charge < -0.3 is 19.5 Å². The number of benzene rings is 1. The largest absolute Gasteiger partial charge is 0.459 e. The van der Waals surface area contributed by atoms with Crippen LogP contribution >= 0.6 is 7.75 Å². The van der Waals surface area contributed by atoms with E-state index in [2.05, 4.69) is 5.09 Å². The van der Waals surface area contributed by atoms with Gasteiger partial charge in [0.2, 0.25) is 0 Å². The Morgan fingerprint density at radius 2 is 1.93 bits per heavy atom. The molecule has 0 saturated heterocycles. The third kappa shape index (κ3) is 6.87. The fourth-order valence-electron chi connectivity index (χ4n) is 2.91. The number of aliphatic hydroxyl groups is 2. The van der Waals surface area contributed by atoms with Crippen LogP contribution in [0.1, 0.15) is 40.5 Å². The molecule has 0 bridgehead atoms. The lowest BCUT2D eigenvalue weighted by Crippen LogP contribution is -2.39. The average molecular weight is 415 g/mol. The van der Waals surface area contributed by atoms with Crippen molar-refractivity contribution >= 4 is 13.7 Å². The zero-order valence-electron chi connectivity index (χ0n) is 16.7. The van der Waals surface area contributed by atoms with E-state index in [4.69, 9.17) is 13.8 Å². The molecule has 0 spiro atoms. The standard InChI is InChI=1S/C19H30NO7P/c1-13(18(23)25-19(2,3)4)20-28(24,26-15-8-6-5-7-9-15)27-16-10-14(12-21)17(22)11-16/h5-9,13-14,16-17,21-22H,10-12H2,1-4H3,(H,20,24)/t13-,14+,16?,17-,28?/m0/s1. The number of carbonyl (C=O) groups excluding carboxylic acids is 1. The summed E-state index contributed by atoms with van der Waals surface area (Å²) in [5.41, 5.74) is -0.692. The summed E-state index contributed by atoms with van der Waals surface area (Å²) in [7, 11) is -3.97. The molecule has 1 aromatic carbocycles. The summed E-state index contributed by atoms with van der Waals surface area (Å²) in [6.45, 7) is 6.54. The van der Waals surface area contributed by atoms with E-state index in [1.54, 1.807) is 51.1 Å². The van der Waals surface area contributed by atoms with Crippen LogP contribution in [0.3, 0.4) is 0 Å². The normalized spacial score (nSPS) is 25.7. The van der Waals surface area contributed by atoms with Crippen molar-refractivity contribution in [2.45, 2.75) is 64.4 Å². The highest BCUT2D eigenvalue weighted by Gasteiger charge is 2.41. The van der Waals surface area contributed by atoms with E-state index in [1.807, 2.05) is 0 Å². The number of para-hydroxylation sites is 1. The molecule has 1 saturated carbocycles. The van der Waals surface area contributed by atoms with Crippen LogP contribution in [0.15, 0.2) is 30.3 Å². The number of ether oxygens (including phenoxy) is 1. The number of carbonyl (C=O) groups is 1. The average Bonchev–Trinajstić information content (AvgIpc) is 2.92. The topological polar surface area (TPSA) is 114 Å². The summed E-state index contributed by atoms with van der Waals surface area (Å²) >= 11 is 0. The highest BCUT2D eigenvalue weighted by molar-refractivity contribution is 7.52. The molecule has 2 unspecified atom stereocenters. The quantitative estimate of drug-likeness (QED) is 0.439. The summed E-state index contributed by atoms with van der Waals surface area (Å²) in [5.74, 6) is -0.627. The fourth-order valence-corrected chi connectivity index (χ4v) is 4.61. The molecule has 1 aliphatic rings. The SMILES string of the molecule is C[C@H](NP(=O)(Oc1ccccc1)OC1C[C@H](CO)[C@@H](O)C1)C(=O)OC(C)(C)C. The molecule has 2 rings (SSSR count). The smallest absolute Gasteiger partial charge is 0.459 e. The van der Waals surface area contributed by atoms with E-state index >= 15 is 0 Å². The maximum absolute atomic E-state index is 13.4. The zero-order chi connectivity index (χ0) is 20.9. The number of hydrogen-bond donors (Lipinski definition) is 3. The second kappa shape index (κ2) is 9.37. The van der Waals surface area contributed by atoms with Gasteiger partial charge >= 0.3 is 13.7 Å².